The van der Waals surface area contributed by atoms with E-state index in [1.165, 1.54) is 6.42 Å². The van der Waals surface area contributed by atoms with Crippen LogP contribution in [0.25, 0.3) is 0 Å². The van der Waals surface area contributed by atoms with Gasteiger partial charge in [0.25, 0.3) is 0 Å². The maximum Gasteiger partial charge on any atom is 0.310 e. The third kappa shape index (κ3) is 1.57. The fourth-order valence-electron chi connectivity index (χ4n) is 1.83. The highest BCUT2D eigenvalue weighted by molar-refractivity contribution is 5.85. The molecule has 1 saturated heterocycles. The van der Waals surface area contributed by atoms with Crippen molar-refractivity contribution in [3.05, 3.63) is 0 Å². The summed E-state index contributed by atoms with van der Waals surface area (Å²) in [5.41, 5.74) is 0. The lowest BCUT2D eigenvalue weighted by molar-refractivity contribution is -0.148. The monoisotopic (exact) mass is 191 g/mol. The maximum absolute atomic E-state index is 11.2. The van der Waals surface area contributed by atoms with Crippen molar-refractivity contribution in [1.82, 2.24) is 5.32 Å². The summed E-state index contributed by atoms with van der Waals surface area (Å²) in [5.74, 6) is 0.735. The third-order valence-corrected chi connectivity index (χ3v) is 2.55. The first kappa shape index (κ1) is 9.81. The van der Waals surface area contributed by atoms with E-state index in [0.717, 1.165) is 6.54 Å². The molecule has 1 heterocycles. The number of hydrogen-bond donors (Lipinski definition) is 1. The minimum Gasteiger partial charge on any atom is -0.466 e. The lowest BCUT2D eigenvalue weighted by atomic mass is 10.1. The molecule has 3 atom stereocenters. The Balaban J connectivity index is 0.000000720. The zero-order valence-corrected chi connectivity index (χ0v) is 7.89. The summed E-state index contributed by atoms with van der Waals surface area (Å²) >= 11 is 0. The van der Waals surface area contributed by atoms with Crippen molar-refractivity contribution in [2.75, 3.05) is 13.2 Å². The Hall–Kier alpha value is -0.280. The number of ether oxygens (including phenoxy) is 1. The second-order valence-corrected chi connectivity index (χ2v) is 3.27. The van der Waals surface area contributed by atoms with Crippen LogP contribution in [0, 0.1) is 11.8 Å². The average Bonchev–Trinajstić information content (AvgIpc) is 2.63. The third-order valence-electron chi connectivity index (χ3n) is 2.55. The fraction of sp³-hybridized carbons (Fsp3) is 0.875. The Morgan fingerprint density at radius 2 is 2.42 bits per heavy atom. The highest BCUT2D eigenvalue weighted by Gasteiger charge is 2.51. The van der Waals surface area contributed by atoms with Crippen LogP contribution in [0.2, 0.25) is 0 Å². The van der Waals surface area contributed by atoms with Crippen LogP contribution in [0.1, 0.15) is 13.3 Å². The van der Waals surface area contributed by atoms with E-state index in [1.807, 2.05) is 6.92 Å². The van der Waals surface area contributed by atoms with Gasteiger partial charge in [0.1, 0.15) is 0 Å². The van der Waals surface area contributed by atoms with E-state index in [1.54, 1.807) is 0 Å². The molecular formula is C8H14ClNO2. The number of carbonyl (C=O) groups excluding carboxylic acids is 1. The van der Waals surface area contributed by atoms with Crippen molar-refractivity contribution in [3.63, 3.8) is 0 Å². The maximum atomic E-state index is 11.2. The predicted octanol–water partition coefficient (Wildman–Crippen LogP) is 0.579. The highest BCUT2D eigenvalue weighted by atomic mass is 35.5. The first-order valence-corrected chi connectivity index (χ1v) is 4.23. The van der Waals surface area contributed by atoms with E-state index in [2.05, 4.69) is 5.32 Å². The molecule has 0 spiro atoms. The smallest absolute Gasteiger partial charge is 0.310 e. The molecule has 4 heteroatoms. The Kier molecular flexibility index (Phi) is 2.96. The van der Waals surface area contributed by atoms with Crippen molar-refractivity contribution in [2.45, 2.75) is 19.4 Å². The van der Waals surface area contributed by atoms with Crippen LogP contribution in [-0.4, -0.2) is 25.2 Å². The predicted molar refractivity (Wildman–Crippen MR) is 47.3 cm³/mol. The average molecular weight is 192 g/mol. The Labute approximate surface area is 78.3 Å². The summed E-state index contributed by atoms with van der Waals surface area (Å²) in [6.07, 6.45) is 1.17. The molecule has 3 unspecified atom stereocenters. The molecule has 1 saturated carbocycles. The fourth-order valence-corrected chi connectivity index (χ4v) is 1.83. The summed E-state index contributed by atoms with van der Waals surface area (Å²) in [7, 11) is 0. The van der Waals surface area contributed by atoms with E-state index < -0.39 is 0 Å². The normalized spacial score (nSPS) is 36.6. The summed E-state index contributed by atoms with van der Waals surface area (Å²) in [4.78, 5) is 11.2. The van der Waals surface area contributed by atoms with E-state index in [4.69, 9.17) is 4.74 Å². The molecule has 1 N–H and O–H groups in total. The largest absolute Gasteiger partial charge is 0.466 e. The van der Waals surface area contributed by atoms with Gasteiger partial charge in [-0.05, 0) is 19.3 Å². The van der Waals surface area contributed by atoms with Gasteiger partial charge in [0.05, 0.1) is 12.5 Å². The second-order valence-electron chi connectivity index (χ2n) is 3.27. The number of halogens is 1. The van der Waals surface area contributed by atoms with Gasteiger partial charge >= 0.3 is 5.97 Å². The van der Waals surface area contributed by atoms with E-state index >= 15 is 0 Å². The van der Waals surface area contributed by atoms with E-state index in [9.17, 15) is 4.79 Å². The summed E-state index contributed by atoms with van der Waals surface area (Å²) < 4.78 is 4.94. The van der Waals surface area contributed by atoms with Gasteiger partial charge in [0, 0.05) is 12.6 Å². The molecule has 3 nitrogen and oxygen atoms in total. The highest BCUT2D eigenvalue weighted by Crippen LogP contribution is 2.42. The number of carbonyl (C=O) groups is 1. The first-order chi connectivity index (χ1) is 5.33. The zero-order chi connectivity index (χ0) is 7.84. The van der Waals surface area contributed by atoms with Crippen molar-refractivity contribution in [2.24, 2.45) is 11.8 Å². The van der Waals surface area contributed by atoms with Crippen LogP contribution < -0.4 is 5.32 Å². The SMILES string of the molecule is CCOC(=O)C1CNC2CC21.Cl. The van der Waals surface area contributed by atoms with Gasteiger partial charge in [-0.3, -0.25) is 4.79 Å². The molecule has 0 amide bonds. The van der Waals surface area contributed by atoms with Gasteiger partial charge in [-0.25, -0.2) is 0 Å². The van der Waals surface area contributed by atoms with Crippen LogP contribution in [0.15, 0.2) is 0 Å². The van der Waals surface area contributed by atoms with Crippen LogP contribution >= 0.6 is 12.4 Å². The molecule has 2 aliphatic rings. The molecule has 0 radical (unpaired) electrons. The Morgan fingerprint density at radius 1 is 1.67 bits per heavy atom. The van der Waals surface area contributed by atoms with E-state index in [0.29, 0.717) is 18.6 Å². The van der Waals surface area contributed by atoms with Gasteiger partial charge in [-0.2, -0.15) is 0 Å². The molecule has 70 valence electrons. The number of rotatable bonds is 2. The minimum absolute atomic E-state index is 0. The van der Waals surface area contributed by atoms with Crippen molar-refractivity contribution < 1.29 is 9.53 Å². The molecule has 12 heavy (non-hydrogen) atoms. The number of hydrogen-bond acceptors (Lipinski definition) is 3. The molecule has 2 fully saturated rings. The molecule has 0 aromatic rings. The summed E-state index contributed by atoms with van der Waals surface area (Å²) in [6.45, 7) is 3.19. The molecule has 0 bridgehead atoms. The van der Waals surface area contributed by atoms with E-state index in [-0.39, 0.29) is 24.3 Å². The van der Waals surface area contributed by atoms with Gasteiger partial charge in [0.2, 0.25) is 0 Å². The van der Waals surface area contributed by atoms with Crippen molar-refractivity contribution in [1.29, 1.82) is 0 Å². The first-order valence-electron chi connectivity index (χ1n) is 4.23. The number of fused-ring (bicyclic) bond motifs is 1. The number of piperidine rings is 1. The van der Waals surface area contributed by atoms with Gasteiger partial charge in [-0.1, -0.05) is 0 Å². The van der Waals surface area contributed by atoms with Crippen LogP contribution in [0.5, 0.6) is 0 Å². The van der Waals surface area contributed by atoms with Crippen LogP contribution in [-0.2, 0) is 9.53 Å². The quantitative estimate of drug-likeness (QED) is 0.649. The Bertz CT molecular complexity index is 186. The van der Waals surface area contributed by atoms with Crippen LogP contribution in [0.4, 0.5) is 0 Å². The van der Waals surface area contributed by atoms with Crippen LogP contribution in [0.3, 0.4) is 0 Å². The van der Waals surface area contributed by atoms with Crippen molar-refractivity contribution in [3.8, 4) is 0 Å². The van der Waals surface area contributed by atoms with Gasteiger partial charge < -0.3 is 10.1 Å². The molecule has 0 aromatic carbocycles. The second kappa shape index (κ2) is 3.62. The number of nitrogens with one attached hydrogen (secondary N) is 1. The molecule has 1 aliphatic heterocycles. The standard InChI is InChI=1S/C8H13NO2.ClH/c1-2-11-8(10)6-4-9-7-3-5(6)7;/h5-7,9H,2-4H2,1H3;1H. The molecular weight excluding hydrogens is 178 g/mol. The molecule has 0 aromatic heterocycles. The minimum atomic E-state index is -0.00926. The Morgan fingerprint density at radius 3 is 2.83 bits per heavy atom. The van der Waals surface area contributed by atoms with Gasteiger partial charge in [-0.15, -0.1) is 12.4 Å². The summed E-state index contributed by atoms with van der Waals surface area (Å²) in [6, 6.07) is 0.629. The zero-order valence-electron chi connectivity index (χ0n) is 7.08. The number of esters is 1. The lowest BCUT2D eigenvalue weighted by Crippen LogP contribution is -2.24. The van der Waals surface area contributed by atoms with Crippen molar-refractivity contribution >= 4 is 18.4 Å². The molecule has 2 rings (SSSR count). The molecule has 1 aliphatic carbocycles. The summed E-state index contributed by atoms with van der Waals surface area (Å²) in [5, 5.41) is 3.28. The van der Waals surface area contributed by atoms with Gasteiger partial charge in [0.15, 0.2) is 0 Å². The topological polar surface area (TPSA) is 38.3 Å². The lowest BCUT2D eigenvalue weighted by Gasteiger charge is -2.08.